The summed E-state index contributed by atoms with van der Waals surface area (Å²) in [5, 5.41) is 13.1. The van der Waals surface area contributed by atoms with Gasteiger partial charge in [-0.25, -0.2) is 0 Å². The van der Waals surface area contributed by atoms with Crippen molar-refractivity contribution >= 4 is 28.5 Å². The number of nitrogen functional groups attached to an aromatic ring is 1. The van der Waals surface area contributed by atoms with Crippen molar-refractivity contribution in [2.24, 2.45) is 0 Å². The molecule has 0 aliphatic heterocycles. The summed E-state index contributed by atoms with van der Waals surface area (Å²) in [4.78, 5) is 24.3. The Morgan fingerprint density at radius 3 is 2.52 bits per heavy atom. The molecule has 0 radical (unpaired) electrons. The molecule has 0 spiro atoms. The summed E-state index contributed by atoms with van der Waals surface area (Å²) in [6.45, 7) is 1.97. The first-order valence-corrected chi connectivity index (χ1v) is 8.90. The molecule has 1 aromatic heterocycles. The van der Waals surface area contributed by atoms with E-state index in [0.29, 0.717) is 17.8 Å². The number of nitrogens with zero attached hydrogens (tertiary/aromatic N) is 1. The fourth-order valence-electron chi connectivity index (χ4n) is 3.00. The second-order valence-corrected chi connectivity index (χ2v) is 6.38. The molecule has 27 heavy (non-hydrogen) atoms. The van der Waals surface area contributed by atoms with E-state index in [2.05, 4.69) is 20.8 Å². The number of hydrogen-bond donors (Lipinski definition) is 4. The number of nitrogens with one attached hydrogen (secondary N) is 3. The number of H-pyrrole nitrogens is 1. The molecule has 1 atom stereocenters. The summed E-state index contributed by atoms with van der Waals surface area (Å²) in [7, 11) is 1.57. The number of amides is 2. The van der Waals surface area contributed by atoms with Gasteiger partial charge in [0.05, 0.1) is 5.52 Å². The number of aromatic nitrogens is 2. The predicted octanol–water partition coefficient (Wildman–Crippen LogP) is 2.46. The molecule has 0 aliphatic rings. The Bertz CT molecular complexity index is 962. The van der Waals surface area contributed by atoms with Crippen LogP contribution in [0.4, 0.5) is 5.82 Å². The number of rotatable bonds is 6. The van der Waals surface area contributed by atoms with Gasteiger partial charge in [0.25, 0.3) is 5.91 Å². The molecule has 0 unspecified atom stereocenters. The van der Waals surface area contributed by atoms with Crippen LogP contribution in [0.25, 0.3) is 22.0 Å². The zero-order valence-corrected chi connectivity index (χ0v) is 15.4. The lowest BCUT2D eigenvalue weighted by Crippen LogP contribution is -2.45. The molecule has 7 nitrogen and oxygen atoms in total. The van der Waals surface area contributed by atoms with Crippen molar-refractivity contribution in [1.29, 1.82) is 0 Å². The van der Waals surface area contributed by atoms with E-state index >= 15 is 0 Å². The highest BCUT2D eigenvalue weighted by atomic mass is 16.2. The van der Waals surface area contributed by atoms with Crippen LogP contribution in [0.2, 0.25) is 0 Å². The minimum atomic E-state index is -0.529. The van der Waals surface area contributed by atoms with Crippen LogP contribution >= 0.6 is 0 Å². The summed E-state index contributed by atoms with van der Waals surface area (Å²) >= 11 is 0. The molecule has 140 valence electrons. The van der Waals surface area contributed by atoms with Gasteiger partial charge in [-0.2, -0.15) is 5.10 Å². The molecule has 7 heteroatoms. The number of anilines is 1. The molecule has 5 N–H and O–H groups in total. The van der Waals surface area contributed by atoms with E-state index in [-0.39, 0.29) is 11.8 Å². The largest absolute Gasteiger partial charge is 0.382 e. The Labute approximate surface area is 157 Å². The van der Waals surface area contributed by atoms with Crippen LogP contribution in [0.3, 0.4) is 0 Å². The van der Waals surface area contributed by atoms with Crippen molar-refractivity contribution in [2.45, 2.75) is 25.8 Å². The normalized spacial score (nSPS) is 11.9. The topological polar surface area (TPSA) is 113 Å². The van der Waals surface area contributed by atoms with Crippen molar-refractivity contribution in [2.75, 3.05) is 12.8 Å². The standard InChI is InChI=1S/C20H23N5O2/c1-3-4-17(20(27)22-2)23-19(26)13-7-5-12(6-8-13)14-9-10-16-15(11-14)18(21)25-24-16/h5-11,17H,3-4H2,1-2H3,(H,22,27)(H,23,26)(H3,21,24,25)/t17-/m1/s1. The first kappa shape index (κ1) is 18.4. The third-order valence-corrected chi connectivity index (χ3v) is 4.52. The third kappa shape index (κ3) is 3.92. The number of benzene rings is 2. The third-order valence-electron chi connectivity index (χ3n) is 4.52. The van der Waals surface area contributed by atoms with Crippen LogP contribution in [0.5, 0.6) is 0 Å². The highest BCUT2D eigenvalue weighted by Gasteiger charge is 2.19. The van der Waals surface area contributed by atoms with Gasteiger partial charge in [-0.3, -0.25) is 14.7 Å². The Balaban J connectivity index is 1.78. The minimum absolute atomic E-state index is 0.187. The van der Waals surface area contributed by atoms with E-state index in [1.54, 1.807) is 19.2 Å². The van der Waals surface area contributed by atoms with Crippen LogP contribution in [0, 0.1) is 0 Å². The van der Waals surface area contributed by atoms with E-state index in [1.807, 2.05) is 37.3 Å². The molecular formula is C20H23N5O2. The summed E-state index contributed by atoms with van der Waals surface area (Å²) in [6.07, 6.45) is 1.40. The Hall–Kier alpha value is -3.35. The first-order chi connectivity index (χ1) is 13.0. The van der Waals surface area contributed by atoms with Crippen LogP contribution in [-0.4, -0.2) is 35.1 Å². The summed E-state index contributed by atoms with van der Waals surface area (Å²) < 4.78 is 0. The lowest BCUT2D eigenvalue weighted by Gasteiger charge is -2.16. The average Bonchev–Trinajstić information content (AvgIpc) is 3.07. The van der Waals surface area contributed by atoms with Crippen LogP contribution < -0.4 is 16.4 Å². The van der Waals surface area contributed by atoms with Crippen molar-refractivity contribution in [1.82, 2.24) is 20.8 Å². The number of likely N-dealkylation sites (N-methyl/N-ethyl adjacent to an activating group) is 1. The lowest BCUT2D eigenvalue weighted by atomic mass is 10.0. The van der Waals surface area contributed by atoms with Crippen LogP contribution in [-0.2, 0) is 4.79 Å². The molecule has 0 aliphatic carbocycles. The molecule has 3 rings (SSSR count). The second kappa shape index (κ2) is 7.90. The number of hydrogen-bond acceptors (Lipinski definition) is 4. The lowest BCUT2D eigenvalue weighted by molar-refractivity contribution is -0.122. The van der Waals surface area contributed by atoms with E-state index in [1.165, 1.54) is 0 Å². The molecule has 3 aromatic rings. The molecule has 0 fully saturated rings. The van der Waals surface area contributed by atoms with Gasteiger partial charge in [0.15, 0.2) is 5.82 Å². The number of fused-ring (bicyclic) bond motifs is 1. The maximum atomic E-state index is 12.5. The zero-order valence-electron chi connectivity index (χ0n) is 15.4. The number of carbonyl (C=O) groups is 2. The average molecular weight is 365 g/mol. The quantitative estimate of drug-likeness (QED) is 0.537. The van der Waals surface area contributed by atoms with Gasteiger partial charge in [-0.05, 0) is 41.8 Å². The fourth-order valence-corrected chi connectivity index (χ4v) is 3.00. The molecule has 2 amide bonds. The van der Waals surface area contributed by atoms with Crippen molar-refractivity contribution in [3.8, 4) is 11.1 Å². The molecular weight excluding hydrogens is 342 g/mol. The highest BCUT2D eigenvalue weighted by Crippen LogP contribution is 2.26. The summed E-state index contributed by atoms with van der Waals surface area (Å²) in [5.41, 5.74) is 9.20. The van der Waals surface area contributed by atoms with Gasteiger partial charge in [-0.1, -0.05) is 31.5 Å². The van der Waals surface area contributed by atoms with E-state index in [0.717, 1.165) is 28.5 Å². The van der Waals surface area contributed by atoms with Gasteiger partial charge >= 0.3 is 0 Å². The van der Waals surface area contributed by atoms with Gasteiger partial charge in [-0.15, -0.1) is 0 Å². The molecule has 0 bridgehead atoms. The van der Waals surface area contributed by atoms with Crippen molar-refractivity contribution in [3.63, 3.8) is 0 Å². The van der Waals surface area contributed by atoms with Crippen molar-refractivity contribution < 1.29 is 9.59 Å². The monoisotopic (exact) mass is 365 g/mol. The van der Waals surface area contributed by atoms with E-state index in [4.69, 9.17) is 5.73 Å². The van der Waals surface area contributed by atoms with Crippen LogP contribution in [0.15, 0.2) is 42.5 Å². The Kier molecular flexibility index (Phi) is 5.40. The number of nitrogens with two attached hydrogens (primary N) is 1. The molecule has 0 saturated heterocycles. The Morgan fingerprint density at radius 1 is 1.15 bits per heavy atom. The summed E-state index contributed by atoms with van der Waals surface area (Å²) in [5.74, 6) is 0.00460. The van der Waals surface area contributed by atoms with E-state index < -0.39 is 6.04 Å². The second-order valence-electron chi connectivity index (χ2n) is 6.38. The van der Waals surface area contributed by atoms with Gasteiger partial charge < -0.3 is 16.4 Å². The zero-order chi connectivity index (χ0) is 19.4. The van der Waals surface area contributed by atoms with Crippen molar-refractivity contribution in [3.05, 3.63) is 48.0 Å². The summed E-state index contributed by atoms with van der Waals surface area (Å²) in [6, 6.07) is 12.6. The first-order valence-electron chi connectivity index (χ1n) is 8.90. The minimum Gasteiger partial charge on any atom is -0.382 e. The molecule has 2 aromatic carbocycles. The smallest absolute Gasteiger partial charge is 0.251 e. The van der Waals surface area contributed by atoms with Crippen LogP contribution in [0.1, 0.15) is 30.1 Å². The maximum Gasteiger partial charge on any atom is 0.251 e. The Morgan fingerprint density at radius 2 is 1.85 bits per heavy atom. The highest BCUT2D eigenvalue weighted by molar-refractivity contribution is 5.98. The number of aromatic amines is 1. The maximum absolute atomic E-state index is 12.5. The van der Waals surface area contributed by atoms with Gasteiger partial charge in [0.2, 0.25) is 5.91 Å². The molecule has 1 heterocycles. The fraction of sp³-hybridized carbons (Fsp3) is 0.250. The molecule has 0 saturated carbocycles. The number of carbonyl (C=O) groups excluding carboxylic acids is 2. The van der Waals surface area contributed by atoms with Gasteiger partial charge in [0.1, 0.15) is 6.04 Å². The van der Waals surface area contributed by atoms with Gasteiger partial charge in [0, 0.05) is 18.0 Å². The SMILES string of the molecule is CCC[C@@H](NC(=O)c1ccc(-c2ccc3[nH]nc(N)c3c2)cc1)C(=O)NC. The van der Waals surface area contributed by atoms with E-state index in [9.17, 15) is 9.59 Å². The predicted molar refractivity (Wildman–Crippen MR) is 106 cm³/mol.